The lowest BCUT2D eigenvalue weighted by molar-refractivity contribution is 0.357. The number of fused-ring (bicyclic) bond motifs is 1. The fourth-order valence-electron chi connectivity index (χ4n) is 2.39. The Morgan fingerprint density at radius 3 is 2.95 bits per heavy atom. The average Bonchev–Trinajstić information content (AvgIpc) is 2.85. The monoisotopic (exact) mass is 318 g/mol. The van der Waals surface area contributed by atoms with Crippen molar-refractivity contribution in [3.05, 3.63) is 46.1 Å². The first kappa shape index (κ1) is 12.5. The van der Waals surface area contributed by atoms with Crippen LogP contribution in [0.5, 0.6) is 5.75 Å². The lowest BCUT2D eigenvalue weighted by Gasteiger charge is -2.21. The van der Waals surface area contributed by atoms with Crippen molar-refractivity contribution in [2.45, 2.75) is 13.3 Å². The number of aryl methyl sites for hydroxylation is 1. The van der Waals surface area contributed by atoms with Gasteiger partial charge in [0.1, 0.15) is 11.6 Å². The van der Waals surface area contributed by atoms with Crippen molar-refractivity contribution in [1.29, 1.82) is 0 Å². The second kappa shape index (κ2) is 4.85. The van der Waals surface area contributed by atoms with Gasteiger partial charge in [0.05, 0.1) is 6.61 Å². The molecule has 1 aliphatic rings. The molecular weight excluding hydrogens is 304 g/mol. The van der Waals surface area contributed by atoms with Crippen molar-refractivity contribution in [3.8, 4) is 5.75 Å². The van der Waals surface area contributed by atoms with Crippen molar-refractivity contribution in [2.24, 2.45) is 0 Å². The molecule has 2 aromatic rings. The second-order valence-electron chi connectivity index (χ2n) is 4.74. The molecule has 0 atom stereocenters. The van der Waals surface area contributed by atoms with Crippen molar-refractivity contribution in [2.75, 3.05) is 18.6 Å². The van der Waals surface area contributed by atoms with Gasteiger partial charge in [0.2, 0.25) is 0 Å². The molecule has 1 aromatic heterocycles. The molecule has 0 fully saturated rings. The summed E-state index contributed by atoms with van der Waals surface area (Å²) >= 11 is 3.44. The van der Waals surface area contributed by atoms with Crippen LogP contribution in [0.1, 0.15) is 11.1 Å². The molecule has 0 N–H and O–H groups in total. The van der Waals surface area contributed by atoms with E-state index in [9.17, 15) is 0 Å². The molecule has 19 heavy (non-hydrogen) atoms. The molecule has 0 aliphatic carbocycles. The Morgan fingerprint density at radius 1 is 1.32 bits per heavy atom. The van der Waals surface area contributed by atoms with Crippen molar-refractivity contribution in [3.63, 3.8) is 0 Å². The molecule has 98 valence electrons. The minimum Gasteiger partial charge on any atom is -0.493 e. The van der Waals surface area contributed by atoms with E-state index in [0.717, 1.165) is 40.3 Å². The van der Waals surface area contributed by atoms with E-state index in [0.29, 0.717) is 0 Å². The normalized spacial score (nSPS) is 13.0. The van der Waals surface area contributed by atoms with Gasteiger partial charge >= 0.3 is 0 Å². The maximum absolute atomic E-state index is 5.54. The number of hydrogen-bond donors (Lipinski definition) is 0. The number of halogens is 1. The van der Waals surface area contributed by atoms with Gasteiger partial charge in [-0.1, -0.05) is 0 Å². The fourth-order valence-corrected chi connectivity index (χ4v) is 2.83. The van der Waals surface area contributed by atoms with E-state index in [-0.39, 0.29) is 0 Å². The lowest BCUT2D eigenvalue weighted by atomic mass is 10.1. The summed E-state index contributed by atoms with van der Waals surface area (Å²) in [7, 11) is 2.04. The van der Waals surface area contributed by atoms with Crippen LogP contribution in [0.25, 0.3) is 0 Å². The quantitative estimate of drug-likeness (QED) is 0.840. The zero-order valence-electron chi connectivity index (χ0n) is 11.0. The van der Waals surface area contributed by atoms with Gasteiger partial charge in [-0.15, -0.1) is 0 Å². The molecule has 0 amide bonds. The van der Waals surface area contributed by atoms with Crippen LogP contribution in [0.2, 0.25) is 0 Å². The third-order valence-electron chi connectivity index (χ3n) is 3.40. The minimum atomic E-state index is 0.790. The van der Waals surface area contributed by atoms with Gasteiger partial charge in [0.15, 0.2) is 0 Å². The summed E-state index contributed by atoms with van der Waals surface area (Å²) in [4.78, 5) is 6.61. The van der Waals surface area contributed by atoms with Crippen LogP contribution in [0.4, 0.5) is 11.5 Å². The van der Waals surface area contributed by atoms with Crippen molar-refractivity contribution < 1.29 is 4.74 Å². The number of aromatic nitrogens is 1. The highest BCUT2D eigenvalue weighted by atomic mass is 79.9. The first-order chi connectivity index (χ1) is 9.15. The molecular formula is C15H15BrN2O. The molecule has 3 nitrogen and oxygen atoms in total. The van der Waals surface area contributed by atoms with E-state index in [2.05, 4.69) is 50.9 Å². The smallest absolute Gasteiger partial charge is 0.135 e. The van der Waals surface area contributed by atoms with E-state index >= 15 is 0 Å². The van der Waals surface area contributed by atoms with Crippen molar-refractivity contribution >= 4 is 27.4 Å². The zero-order chi connectivity index (χ0) is 13.4. The maximum Gasteiger partial charge on any atom is 0.135 e. The second-order valence-corrected chi connectivity index (χ2v) is 5.66. The number of benzene rings is 1. The van der Waals surface area contributed by atoms with Gasteiger partial charge in [0, 0.05) is 29.8 Å². The maximum atomic E-state index is 5.54. The molecule has 0 radical (unpaired) electrons. The summed E-state index contributed by atoms with van der Waals surface area (Å²) in [6.07, 6.45) is 2.82. The summed E-state index contributed by atoms with van der Waals surface area (Å²) in [6, 6.07) is 8.39. The number of rotatable bonds is 2. The van der Waals surface area contributed by atoms with Crippen LogP contribution < -0.4 is 9.64 Å². The summed E-state index contributed by atoms with van der Waals surface area (Å²) in [5, 5.41) is 0. The standard InChI is InChI=1S/C15H15BrN2O/c1-10-7-12(16)9-17-15(10)18(2)13-3-4-14-11(8-13)5-6-19-14/h3-4,7-9H,5-6H2,1-2H3. The number of ether oxygens (including phenoxy) is 1. The third-order valence-corrected chi connectivity index (χ3v) is 3.83. The van der Waals surface area contributed by atoms with Gasteiger partial charge in [-0.2, -0.15) is 0 Å². The van der Waals surface area contributed by atoms with Crippen LogP contribution in [0.15, 0.2) is 34.9 Å². The first-order valence-electron chi connectivity index (χ1n) is 6.27. The highest BCUT2D eigenvalue weighted by Gasteiger charge is 2.15. The average molecular weight is 319 g/mol. The Morgan fingerprint density at radius 2 is 2.16 bits per heavy atom. The fraction of sp³-hybridized carbons (Fsp3) is 0.267. The summed E-state index contributed by atoms with van der Waals surface area (Å²) in [6.45, 7) is 2.86. The number of hydrogen-bond acceptors (Lipinski definition) is 3. The van der Waals surface area contributed by atoms with E-state index in [1.165, 1.54) is 5.56 Å². The Labute approximate surface area is 121 Å². The molecule has 2 heterocycles. The number of pyridine rings is 1. The molecule has 0 bridgehead atoms. The number of nitrogens with zero attached hydrogens (tertiary/aromatic N) is 2. The predicted molar refractivity (Wildman–Crippen MR) is 80.4 cm³/mol. The summed E-state index contributed by atoms with van der Waals surface area (Å²) in [5.41, 5.74) is 3.56. The Kier molecular flexibility index (Phi) is 3.19. The molecule has 0 spiro atoms. The molecule has 0 saturated carbocycles. The van der Waals surface area contributed by atoms with Gasteiger partial charge in [0.25, 0.3) is 0 Å². The molecule has 1 aliphatic heterocycles. The lowest BCUT2D eigenvalue weighted by Crippen LogP contribution is -2.12. The molecule has 3 rings (SSSR count). The Hall–Kier alpha value is -1.55. The largest absolute Gasteiger partial charge is 0.493 e. The predicted octanol–water partition coefficient (Wildman–Crippen LogP) is 3.86. The van der Waals surface area contributed by atoms with Crippen LogP contribution >= 0.6 is 15.9 Å². The van der Waals surface area contributed by atoms with Gasteiger partial charge in [-0.3, -0.25) is 0 Å². The van der Waals surface area contributed by atoms with Crippen LogP contribution in [-0.2, 0) is 6.42 Å². The van der Waals surface area contributed by atoms with Gasteiger partial charge in [-0.05, 0) is 58.2 Å². The zero-order valence-corrected chi connectivity index (χ0v) is 12.6. The van der Waals surface area contributed by atoms with E-state index in [1.54, 1.807) is 0 Å². The molecule has 4 heteroatoms. The topological polar surface area (TPSA) is 25.4 Å². The van der Waals surface area contributed by atoms with Crippen LogP contribution in [0.3, 0.4) is 0 Å². The first-order valence-corrected chi connectivity index (χ1v) is 7.06. The van der Waals surface area contributed by atoms with Crippen molar-refractivity contribution in [1.82, 2.24) is 4.98 Å². The van der Waals surface area contributed by atoms with E-state index < -0.39 is 0 Å². The highest BCUT2D eigenvalue weighted by Crippen LogP contribution is 2.32. The molecule has 0 saturated heterocycles. The molecule has 1 aromatic carbocycles. The summed E-state index contributed by atoms with van der Waals surface area (Å²) < 4.78 is 6.54. The molecule has 0 unspecified atom stereocenters. The number of anilines is 2. The van der Waals surface area contributed by atoms with E-state index in [4.69, 9.17) is 4.74 Å². The summed E-state index contributed by atoms with van der Waals surface area (Å²) in [5.74, 6) is 1.99. The SMILES string of the molecule is Cc1cc(Br)cnc1N(C)c1ccc2c(c1)CCO2. The van der Waals surface area contributed by atoms with Crippen LogP contribution in [-0.4, -0.2) is 18.6 Å². The Balaban J connectivity index is 1.97. The van der Waals surface area contributed by atoms with Gasteiger partial charge in [-0.25, -0.2) is 4.98 Å². The minimum absolute atomic E-state index is 0.790. The van der Waals surface area contributed by atoms with Crippen LogP contribution in [0, 0.1) is 6.92 Å². The third kappa shape index (κ3) is 2.32. The Bertz CT molecular complexity index is 628. The van der Waals surface area contributed by atoms with Gasteiger partial charge < -0.3 is 9.64 Å². The highest BCUT2D eigenvalue weighted by molar-refractivity contribution is 9.10. The van der Waals surface area contributed by atoms with E-state index in [1.807, 2.05) is 19.3 Å².